The van der Waals surface area contributed by atoms with Crippen LogP contribution >= 0.6 is 11.8 Å². The number of rotatable bonds is 8. The van der Waals surface area contributed by atoms with E-state index in [1.807, 2.05) is 11.8 Å². The smallest absolute Gasteiger partial charge is 0.220 e. The summed E-state index contributed by atoms with van der Waals surface area (Å²) in [7, 11) is 0. The van der Waals surface area contributed by atoms with Crippen LogP contribution in [0.1, 0.15) is 52.4 Å². The molecule has 0 aliphatic heterocycles. The molecule has 0 spiro atoms. The fraction of sp³-hybridized carbons (Fsp3) is 0.929. The number of hydrogen-bond acceptors (Lipinski definition) is 3. The van der Waals surface area contributed by atoms with E-state index >= 15 is 0 Å². The van der Waals surface area contributed by atoms with Gasteiger partial charge in [0.25, 0.3) is 0 Å². The minimum atomic E-state index is 0.228. The van der Waals surface area contributed by atoms with Gasteiger partial charge in [-0.05, 0) is 50.3 Å². The van der Waals surface area contributed by atoms with Crippen molar-refractivity contribution in [2.75, 3.05) is 12.3 Å². The number of hydrogen-bond donors (Lipinski definition) is 2. The van der Waals surface area contributed by atoms with Crippen LogP contribution in [0.2, 0.25) is 0 Å². The lowest BCUT2D eigenvalue weighted by atomic mass is 10.0. The maximum absolute atomic E-state index is 11.8. The number of carbonyl (C=O) groups is 1. The van der Waals surface area contributed by atoms with Crippen molar-refractivity contribution in [3.05, 3.63) is 0 Å². The molecule has 0 heterocycles. The second-order valence-corrected chi connectivity index (χ2v) is 6.95. The van der Waals surface area contributed by atoms with Gasteiger partial charge in [-0.25, -0.2) is 0 Å². The van der Waals surface area contributed by atoms with Crippen molar-refractivity contribution in [1.29, 1.82) is 0 Å². The predicted octanol–water partition coefficient (Wildman–Crippen LogP) is 2.54. The van der Waals surface area contributed by atoms with E-state index in [-0.39, 0.29) is 5.91 Å². The molecule has 1 aliphatic carbocycles. The van der Waals surface area contributed by atoms with E-state index in [2.05, 4.69) is 19.2 Å². The van der Waals surface area contributed by atoms with Gasteiger partial charge in [0, 0.05) is 17.7 Å². The van der Waals surface area contributed by atoms with Crippen LogP contribution in [0.25, 0.3) is 0 Å². The summed E-state index contributed by atoms with van der Waals surface area (Å²) in [6, 6.07) is 0.423. The molecule has 0 aromatic carbocycles. The lowest BCUT2D eigenvalue weighted by Crippen LogP contribution is -2.33. The zero-order valence-corrected chi connectivity index (χ0v) is 12.6. The molecule has 0 saturated heterocycles. The molecule has 3 nitrogen and oxygen atoms in total. The zero-order valence-electron chi connectivity index (χ0n) is 11.8. The highest BCUT2D eigenvalue weighted by Crippen LogP contribution is 2.29. The van der Waals surface area contributed by atoms with Gasteiger partial charge in [0.15, 0.2) is 0 Å². The summed E-state index contributed by atoms with van der Waals surface area (Å²) in [4.78, 5) is 11.8. The molecule has 106 valence electrons. The first-order valence-electron chi connectivity index (χ1n) is 7.26. The Hall–Kier alpha value is -0.220. The Labute approximate surface area is 116 Å². The van der Waals surface area contributed by atoms with Gasteiger partial charge >= 0.3 is 0 Å². The van der Waals surface area contributed by atoms with Crippen LogP contribution < -0.4 is 11.1 Å². The molecule has 18 heavy (non-hydrogen) atoms. The van der Waals surface area contributed by atoms with Crippen LogP contribution in [0.15, 0.2) is 0 Å². The lowest BCUT2D eigenvalue weighted by molar-refractivity contribution is -0.122. The number of thioether (sulfide) groups is 1. The van der Waals surface area contributed by atoms with Gasteiger partial charge in [-0.3, -0.25) is 4.79 Å². The predicted molar refractivity (Wildman–Crippen MR) is 79.8 cm³/mol. The van der Waals surface area contributed by atoms with Gasteiger partial charge in [-0.15, -0.1) is 0 Å². The topological polar surface area (TPSA) is 55.1 Å². The molecule has 3 unspecified atom stereocenters. The fourth-order valence-corrected chi connectivity index (χ4v) is 3.71. The zero-order chi connectivity index (χ0) is 13.4. The Balaban J connectivity index is 2.13. The highest BCUT2D eigenvalue weighted by molar-refractivity contribution is 7.99. The van der Waals surface area contributed by atoms with Gasteiger partial charge in [-0.2, -0.15) is 11.8 Å². The van der Waals surface area contributed by atoms with E-state index in [0.29, 0.717) is 18.4 Å². The largest absolute Gasteiger partial charge is 0.353 e. The van der Waals surface area contributed by atoms with Crippen molar-refractivity contribution in [3.63, 3.8) is 0 Å². The molecule has 1 aliphatic rings. The first kappa shape index (κ1) is 15.8. The molecular weight excluding hydrogens is 244 g/mol. The Morgan fingerprint density at radius 2 is 2.22 bits per heavy atom. The molecule has 3 atom stereocenters. The van der Waals surface area contributed by atoms with Crippen molar-refractivity contribution in [1.82, 2.24) is 5.32 Å². The quantitative estimate of drug-likeness (QED) is 0.714. The van der Waals surface area contributed by atoms with E-state index in [4.69, 9.17) is 5.73 Å². The summed E-state index contributed by atoms with van der Waals surface area (Å²) < 4.78 is 0. The third-order valence-corrected chi connectivity index (χ3v) is 4.91. The maximum atomic E-state index is 11.8. The van der Waals surface area contributed by atoms with Gasteiger partial charge in [0.1, 0.15) is 0 Å². The highest BCUT2D eigenvalue weighted by atomic mass is 32.2. The summed E-state index contributed by atoms with van der Waals surface area (Å²) in [5, 5.41) is 3.94. The van der Waals surface area contributed by atoms with Crippen LogP contribution in [-0.2, 0) is 4.79 Å². The first-order valence-corrected chi connectivity index (χ1v) is 8.31. The molecule has 0 aromatic heterocycles. The molecule has 1 rings (SSSR count). The minimum absolute atomic E-state index is 0.228. The summed E-state index contributed by atoms with van der Waals surface area (Å²) in [5.41, 5.74) is 5.51. The van der Waals surface area contributed by atoms with Gasteiger partial charge in [0.2, 0.25) is 5.91 Å². The van der Waals surface area contributed by atoms with Crippen molar-refractivity contribution >= 4 is 17.7 Å². The van der Waals surface area contributed by atoms with Crippen molar-refractivity contribution in [3.8, 4) is 0 Å². The summed E-state index contributed by atoms with van der Waals surface area (Å²) in [5.74, 6) is 1.97. The molecule has 1 fully saturated rings. The van der Waals surface area contributed by atoms with Crippen molar-refractivity contribution < 1.29 is 4.79 Å². The first-order chi connectivity index (χ1) is 8.65. The fourth-order valence-electron chi connectivity index (χ4n) is 2.56. The van der Waals surface area contributed by atoms with Crippen LogP contribution in [0, 0.1) is 5.92 Å². The average molecular weight is 272 g/mol. The Kier molecular flexibility index (Phi) is 7.75. The van der Waals surface area contributed by atoms with E-state index in [1.54, 1.807) is 0 Å². The second kappa shape index (κ2) is 8.81. The van der Waals surface area contributed by atoms with Crippen LogP contribution in [0.5, 0.6) is 0 Å². The van der Waals surface area contributed by atoms with Gasteiger partial charge in [0.05, 0.1) is 0 Å². The van der Waals surface area contributed by atoms with Crippen molar-refractivity contribution in [2.24, 2.45) is 11.7 Å². The molecular formula is C14H28N2OS. The number of nitrogens with one attached hydrogen (secondary N) is 1. The molecule has 1 amide bonds. The molecule has 0 bridgehead atoms. The van der Waals surface area contributed by atoms with E-state index in [1.165, 1.54) is 12.2 Å². The van der Waals surface area contributed by atoms with Crippen LogP contribution in [0.3, 0.4) is 0 Å². The Bertz CT molecular complexity index is 248. The van der Waals surface area contributed by atoms with E-state index < -0.39 is 0 Å². The summed E-state index contributed by atoms with van der Waals surface area (Å²) in [6.07, 6.45) is 6.20. The number of nitrogens with two attached hydrogens (primary N) is 1. The second-order valence-electron chi connectivity index (χ2n) is 5.38. The van der Waals surface area contributed by atoms with Crippen molar-refractivity contribution in [2.45, 2.75) is 63.7 Å². The minimum Gasteiger partial charge on any atom is -0.353 e. The highest BCUT2D eigenvalue weighted by Gasteiger charge is 2.25. The molecule has 4 heteroatoms. The van der Waals surface area contributed by atoms with Crippen LogP contribution in [-0.4, -0.2) is 29.5 Å². The molecule has 1 saturated carbocycles. The Morgan fingerprint density at radius 3 is 2.89 bits per heavy atom. The lowest BCUT2D eigenvalue weighted by Gasteiger charge is -2.14. The summed E-state index contributed by atoms with van der Waals surface area (Å²) >= 11 is 2.03. The van der Waals surface area contributed by atoms with Gasteiger partial charge < -0.3 is 11.1 Å². The van der Waals surface area contributed by atoms with E-state index in [9.17, 15) is 4.79 Å². The Morgan fingerprint density at radius 1 is 1.44 bits per heavy atom. The van der Waals surface area contributed by atoms with E-state index in [0.717, 1.165) is 37.5 Å². The molecule has 3 N–H and O–H groups in total. The molecule has 0 aromatic rings. The van der Waals surface area contributed by atoms with Gasteiger partial charge in [-0.1, -0.05) is 13.8 Å². The summed E-state index contributed by atoms with van der Waals surface area (Å²) in [6.45, 7) is 5.10. The normalized spacial score (nSPS) is 25.1. The van der Waals surface area contributed by atoms with Crippen LogP contribution in [0.4, 0.5) is 0 Å². The average Bonchev–Trinajstić information content (AvgIpc) is 2.75. The third kappa shape index (κ3) is 6.10. The monoisotopic (exact) mass is 272 g/mol. The maximum Gasteiger partial charge on any atom is 0.220 e. The molecule has 0 radical (unpaired) electrons. The number of carbonyl (C=O) groups excluding carboxylic acids is 1. The third-order valence-electron chi connectivity index (χ3n) is 3.68. The number of amides is 1. The SMILES string of the molecule is CCSC1CCC(NC(=O)CCC(C)CCN)C1. The standard InChI is InChI=1S/C14H28N2OS/c1-3-18-13-6-5-12(10-13)16-14(17)7-4-11(2)8-9-15/h11-13H,3-10,15H2,1-2H3,(H,16,17).